The van der Waals surface area contributed by atoms with Crippen LogP contribution in [0.1, 0.15) is 101 Å². The van der Waals surface area contributed by atoms with Crippen LogP contribution in [0.15, 0.2) is 36.4 Å². The number of benzene rings is 2. The lowest BCUT2D eigenvalue weighted by atomic mass is 9.37. The Labute approximate surface area is 269 Å². The average molecular weight is 629 g/mol. The van der Waals surface area contributed by atoms with Crippen molar-refractivity contribution < 1.29 is 39.3 Å². The largest absolute Gasteiger partial charge is 0.507 e. The summed E-state index contributed by atoms with van der Waals surface area (Å²) in [6, 6.07) is 11.3. The van der Waals surface area contributed by atoms with Gasteiger partial charge in [-0.2, -0.15) is 0 Å². The zero-order valence-corrected chi connectivity index (χ0v) is 28.0. The maximum absolute atomic E-state index is 14.6. The predicted octanol–water partition coefficient (Wildman–Crippen LogP) is 5.09. The normalized spacial score (nSPS) is 34.5. The summed E-state index contributed by atoms with van der Waals surface area (Å²) < 4.78 is 0. The maximum atomic E-state index is 14.6. The van der Waals surface area contributed by atoms with Crippen molar-refractivity contribution in [1.29, 1.82) is 0 Å². The first-order chi connectivity index (χ1) is 21.2. The maximum Gasteiger partial charge on any atom is 0.191 e. The molecule has 0 bridgehead atoms. The first kappa shape index (κ1) is 33.6. The highest BCUT2D eigenvalue weighted by molar-refractivity contribution is 6.33. The van der Waals surface area contributed by atoms with Crippen LogP contribution < -0.4 is 0 Å². The average Bonchev–Trinajstić information content (AvgIpc) is 2.96. The van der Waals surface area contributed by atoms with E-state index < -0.39 is 81.0 Å². The minimum Gasteiger partial charge on any atom is -0.507 e. The molecular weight excluding hydrogens is 584 g/mol. The number of aliphatic hydroxyl groups excluding tert-OH is 1. The molecule has 8 heteroatoms. The zero-order valence-electron chi connectivity index (χ0n) is 28.0. The smallest absolute Gasteiger partial charge is 0.191 e. The molecule has 0 amide bonds. The molecule has 0 aromatic heterocycles. The zero-order chi connectivity index (χ0) is 34.5. The Morgan fingerprint density at radius 3 is 2.04 bits per heavy atom. The first-order valence-corrected chi connectivity index (χ1v) is 15.9. The van der Waals surface area contributed by atoms with Crippen molar-refractivity contribution in [3.63, 3.8) is 0 Å². The molecule has 3 aliphatic carbocycles. The second-order valence-corrected chi connectivity index (χ2v) is 15.3. The van der Waals surface area contributed by atoms with Gasteiger partial charge in [-0.05, 0) is 40.9 Å². The second-order valence-electron chi connectivity index (χ2n) is 15.3. The van der Waals surface area contributed by atoms with Crippen molar-refractivity contribution >= 4 is 41.1 Å². The third-order valence-electron chi connectivity index (χ3n) is 11.5. The summed E-state index contributed by atoms with van der Waals surface area (Å²) >= 11 is 0. The number of phenols is 1. The molecule has 2 fully saturated rings. The lowest BCUT2D eigenvalue weighted by Crippen LogP contribution is -2.81. The fourth-order valence-corrected chi connectivity index (χ4v) is 8.78. The number of fused-ring (bicyclic) bond motifs is 3. The molecule has 8 nitrogen and oxygen atoms in total. The quantitative estimate of drug-likeness (QED) is 0.314. The number of ketones is 5. The summed E-state index contributed by atoms with van der Waals surface area (Å²) in [7, 11) is 0. The molecule has 3 aliphatic rings. The van der Waals surface area contributed by atoms with Gasteiger partial charge >= 0.3 is 0 Å². The van der Waals surface area contributed by atoms with Gasteiger partial charge in [-0.15, -0.1) is 0 Å². The minimum absolute atomic E-state index is 0.0142. The van der Waals surface area contributed by atoms with Gasteiger partial charge in [0.1, 0.15) is 17.5 Å². The van der Waals surface area contributed by atoms with Crippen LogP contribution in [-0.2, 0) is 24.6 Å². The number of carbonyl (C=O) groups excluding carboxylic acids is 5. The Kier molecular flexibility index (Phi) is 7.77. The first-order valence-electron chi connectivity index (χ1n) is 15.9. The minimum atomic E-state index is -2.99. The van der Waals surface area contributed by atoms with Gasteiger partial charge in [0.05, 0.1) is 17.6 Å². The third kappa shape index (κ3) is 4.22. The number of hydrogen-bond acceptors (Lipinski definition) is 8. The highest BCUT2D eigenvalue weighted by Crippen LogP contribution is 2.66. The number of carbonyl (C=O) groups is 5. The Hall–Kier alpha value is -3.75. The summed E-state index contributed by atoms with van der Waals surface area (Å²) in [5.41, 5.74) is -3.94. The lowest BCUT2D eigenvalue weighted by molar-refractivity contribution is -0.240. The third-order valence-corrected chi connectivity index (χ3v) is 11.5. The van der Waals surface area contributed by atoms with Crippen LogP contribution in [0.3, 0.4) is 0 Å². The summed E-state index contributed by atoms with van der Waals surface area (Å²) in [5.74, 6) is -11.3. The van der Waals surface area contributed by atoms with Crippen LogP contribution in [0.25, 0.3) is 12.2 Å². The number of Topliss-reactive ketones (excluding diaryl/α,β-unsaturated/α-hetero) is 5. The Balaban J connectivity index is 1.65. The monoisotopic (exact) mass is 628 g/mol. The molecule has 0 saturated heterocycles. The van der Waals surface area contributed by atoms with E-state index in [4.69, 9.17) is 0 Å². The van der Waals surface area contributed by atoms with E-state index in [1.54, 1.807) is 52.0 Å². The van der Waals surface area contributed by atoms with Crippen molar-refractivity contribution in [3.8, 4) is 5.75 Å². The Bertz CT molecular complexity index is 1710. The Morgan fingerprint density at radius 2 is 1.52 bits per heavy atom. The molecule has 2 aromatic carbocycles. The van der Waals surface area contributed by atoms with E-state index in [9.17, 15) is 39.3 Å². The second kappa shape index (κ2) is 10.6. The molecule has 8 atom stereocenters. The molecular formula is C38H44O8. The topological polar surface area (TPSA) is 146 Å². The molecule has 0 aliphatic heterocycles. The van der Waals surface area contributed by atoms with Crippen LogP contribution in [0.4, 0.5) is 0 Å². The highest BCUT2D eigenvalue weighted by atomic mass is 16.3. The van der Waals surface area contributed by atoms with E-state index in [-0.39, 0.29) is 16.7 Å². The molecule has 0 radical (unpaired) electrons. The van der Waals surface area contributed by atoms with E-state index in [2.05, 4.69) is 20.8 Å². The van der Waals surface area contributed by atoms with Crippen LogP contribution in [-0.4, -0.2) is 55.9 Å². The standard InChI is InChI=1S/C38H44O8/c1-18(2)27-30(41)25(20(4)39)32(43)38(46)33(44)28-31(42)26-24(19(3)36(28,8)34(45)37(27,38)9)17-14-22(29(26)40)13-10-21-11-15-23(16-12-21)35(5,6)7/h10-19,25,27-28,34,40,45-46H,1-9H3/b13-10+/t19-,25?,27?,28?,34-,36+,37+,38+/m1/s1. The molecule has 0 spiro atoms. The van der Waals surface area contributed by atoms with Gasteiger partial charge in [-0.25, -0.2) is 0 Å². The van der Waals surface area contributed by atoms with E-state index in [1.807, 2.05) is 24.3 Å². The molecule has 2 aromatic rings. The van der Waals surface area contributed by atoms with Crippen molar-refractivity contribution in [2.45, 2.75) is 85.4 Å². The van der Waals surface area contributed by atoms with Gasteiger partial charge < -0.3 is 15.3 Å². The lowest BCUT2D eigenvalue weighted by Gasteiger charge is -2.65. The van der Waals surface area contributed by atoms with Crippen LogP contribution in [0.5, 0.6) is 5.75 Å². The molecule has 5 rings (SSSR count). The summed E-state index contributed by atoms with van der Waals surface area (Å²) in [6.07, 6.45) is 1.77. The summed E-state index contributed by atoms with van der Waals surface area (Å²) in [4.78, 5) is 69.2. The summed E-state index contributed by atoms with van der Waals surface area (Å²) in [5, 5.41) is 36.0. The van der Waals surface area contributed by atoms with Crippen LogP contribution in [0.2, 0.25) is 0 Å². The predicted molar refractivity (Wildman–Crippen MR) is 173 cm³/mol. The van der Waals surface area contributed by atoms with Gasteiger partial charge in [-0.3, -0.25) is 24.0 Å². The van der Waals surface area contributed by atoms with Crippen molar-refractivity contribution in [1.82, 2.24) is 0 Å². The van der Waals surface area contributed by atoms with Crippen LogP contribution in [0, 0.1) is 34.5 Å². The number of hydrogen-bond donors (Lipinski definition) is 3. The number of aromatic hydroxyl groups is 1. The van der Waals surface area contributed by atoms with E-state index >= 15 is 0 Å². The molecule has 46 heavy (non-hydrogen) atoms. The van der Waals surface area contributed by atoms with Crippen molar-refractivity contribution in [3.05, 3.63) is 64.2 Å². The fourth-order valence-electron chi connectivity index (χ4n) is 8.78. The van der Waals surface area contributed by atoms with Gasteiger partial charge in [0, 0.05) is 22.3 Å². The SMILES string of the molecule is CC(=O)C1C(=O)C(C(C)C)[C@@]2(C)[C@H](O)[C@]3(C)C(C(=O)c4c(ccc(/C=C/c5ccc(C(C)(C)C)cc5)c4O)[C@H]3C)C(=O)[C@@]2(O)C1=O. The molecule has 2 saturated carbocycles. The van der Waals surface area contributed by atoms with Crippen molar-refractivity contribution in [2.75, 3.05) is 0 Å². The van der Waals surface area contributed by atoms with Gasteiger partial charge in [0.25, 0.3) is 0 Å². The summed E-state index contributed by atoms with van der Waals surface area (Å²) in [6.45, 7) is 15.4. The Morgan fingerprint density at radius 1 is 0.935 bits per heavy atom. The number of rotatable bonds is 4. The highest BCUT2D eigenvalue weighted by Gasteiger charge is 2.80. The number of phenolic OH excluding ortho intramolecular Hbond substituents is 1. The van der Waals surface area contributed by atoms with Gasteiger partial charge in [0.15, 0.2) is 28.7 Å². The fraction of sp³-hybridized carbons (Fsp3) is 0.500. The van der Waals surface area contributed by atoms with E-state index in [0.29, 0.717) is 11.1 Å². The van der Waals surface area contributed by atoms with Crippen LogP contribution >= 0.6 is 0 Å². The molecule has 3 N–H and O–H groups in total. The molecule has 0 heterocycles. The molecule has 3 unspecified atom stereocenters. The van der Waals surface area contributed by atoms with E-state index in [1.165, 1.54) is 6.92 Å². The van der Waals surface area contributed by atoms with Gasteiger partial charge in [0.2, 0.25) is 0 Å². The van der Waals surface area contributed by atoms with E-state index in [0.717, 1.165) is 18.1 Å². The molecule has 244 valence electrons. The number of aliphatic hydroxyl groups is 2. The van der Waals surface area contributed by atoms with Gasteiger partial charge in [-0.1, -0.05) is 104 Å². The van der Waals surface area contributed by atoms with Crippen molar-refractivity contribution in [2.24, 2.45) is 34.5 Å².